The molecule has 0 spiro atoms. The van der Waals surface area contributed by atoms with Crippen molar-refractivity contribution in [2.75, 3.05) is 13.1 Å². The standard InChI is InChI=1S/C16H21N3O/c1-12-7-14(17)10-19(9-12)11-15-8-16(18-20-15)13-5-3-2-4-6-13/h2-6,8,12,14H,7,9-11,17H2,1H3. The Morgan fingerprint density at radius 1 is 1.30 bits per heavy atom. The van der Waals surface area contributed by atoms with E-state index in [1.165, 1.54) is 0 Å². The largest absolute Gasteiger partial charge is 0.359 e. The van der Waals surface area contributed by atoms with Crippen LogP contribution in [-0.2, 0) is 6.54 Å². The average Bonchev–Trinajstić information content (AvgIpc) is 2.87. The summed E-state index contributed by atoms with van der Waals surface area (Å²) in [6.07, 6.45) is 1.11. The van der Waals surface area contributed by atoms with Crippen LogP contribution in [0.4, 0.5) is 0 Å². The summed E-state index contributed by atoms with van der Waals surface area (Å²) in [4.78, 5) is 2.36. The van der Waals surface area contributed by atoms with Gasteiger partial charge in [0.05, 0.1) is 6.54 Å². The van der Waals surface area contributed by atoms with E-state index in [1.54, 1.807) is 0 Å². The summed E-state index contributed by atoms with van der Waals surface area (Å²) >= 11 is 0. The van der Waals surface area contributed by atoms with Crippen LogP contribution in [0.25, 0.3) is 11.3 Å². The van der Waals surface area contributed by atoms with Crippen molar-refractivity contribution in [2.24, 2.45) is 11.7 Å². The molecular formula is C16H21N3O. The molecule has 2 atom stereocenters. The van der Waals surface area contributed by atoms with E-state index < -0.39 is 0 Å². The van der Waals surface area contributed by atoms with E-state index in [2.05, 4.69) is 17.0 Å². The Morgan fingerprint density at radius 2 is 2.10 bits per heavy atom. The number of nitrogens with two attached hydrogens (primary N) is 1. The van der Waals surface area contributed by atoms with Crippen LogP contribution in [-0.4, -0.2) is 29.2 Å². The lowest BCUT2D eigenvalue weighted by atomic mass is 9.96. The maximum absolute atomic E-state index is 6.08. The molecule has 1 aliphatic rings. The van der Waals surface area contributed by atoms with Gasteiger partial charge in [-0.15, -0.1) is 0 Å². The third kappa shape index (κ3) is 3.08. The maximum Gasteiger partial charge on any atom is 0.151 e. The summed E-state index contributed by atoms with van der Waals surface area (Å²) in [5, 5.41) is 4.16. The fraction of sp³-hybridized carbons (Fsp3) is 0.438. The monoisotopic (exact) mass is 271 g/mol. The highest BCUT2D eigenvalue weighted by atomic mass is 16.5. The van der Waals surface area contributed by atoms with Gasteiger partial charge in [0.25, 0.3) is 0 Å². The molecule has 2 N–H and O–H groups in total. The first kappa shape index (κ1) is 13.3. The molecule has 1 saturated heterocycles. The molecule has 3 rings (SSSR count). The predicted molar refractivity (Wildman–Crippen MR) is 79.0 cm³/mol. The number of nitrogens with zero attached hydrogens (tertiary/aromatic N) is 2. The lowest BCUT2D eigenvalue weighted by Gasteiger charge is -2.33. The van der Waals surface area contributed by atoms with Crippen LogP contribution in [0, 0.1) is 5.92 Å². The molecule has 20 heavy (non-hydrogen) atoms. The maximum atomic E-state index is 6.08. The van der Waals surface area contributed by atoms with Crippen molar-refractivity contribution in [3.8, 4) is 11.3 Å². The van der Waals surface area contributed by atoms with Gasteiger partial charge in [-0.05, 0) is 12.3 Å². The van der Waals surface area contributed by atoms with Crippen LogP contribution in [0.15, 0.2) is 40.9 Å². The lowest BCUT2D eigenvalue weighted by molar-refractivity contribution is 0.144. The van der Waals surface area contributed by atoms with Gasteiger partial charge >= 0.3 is 0 Å². The van der Waals surface area contributed by atoms with Gasteiger partial charge in [-0.1, -0.05) is 42.4 Å². The highest BCUT2D eigenvalue weighted by Gasteiger charge is 2.23. The SMILES string of the molecule is CC1CC(N)CN(Cc2cc(-c3ccccc3)no2)C1. The highest BCUT2D eigenvalue weighted by Crippen LogP contribution is 2.21. The summed E-state index contributed by atoms with van der Waals surface area (Å²) in [5.74, 6) is 1.56. The number of likely N-dealkylation sites (tertiary alicyclic amines) is 1. The van der Waals surface area contributed by atoms with Gasteiger partial charge in [-0.25, -0.2) is 0 Å². The number of hydrogen-bond donors (Lipinski definition) is 1. The predicted octanol–water partition coefficient (Wildman–Crippen LogP) is 2.51. The normalized spacial score (nSPS) is 23.9. The minimum Gasteiger partial charge on any atom is -0.359 e. The topological polar surface area (TPSA) is 55.3 Å². The summed E-state index contributed by atoms with van der Waals surface area (Å²) in [5.41, 5.74) is 8.06. The number of rotatable bonds is 3. The molecule has 2 heterocycles. The minimum atomic E-state index is 0.273. The molecule has 1 aromatic heterocycles. The summed E-state index contributed by atoms with van der Waals surface area (Å²) in [6, 6.07) is 12.4. The Bertz CT molecular complexity index is 542. The Balaban J connectivity index is 1.68. The highest BCUT2D eigenvalue weighted by molar-refractivity contribution is 5.58. The second kappa shape index (κ2) is 5.77. The average molecular weight is 271 g/mol. The van der Waals surface area contributed by atoms with Crippen molar-refractivity contribution >= 4 is 0 Å². The zero-order chi connectivity index (χ0) is 13.9. The Kier molecular flexibility index (Phi) is 3.85. The van der Waals surface area contributed by atoms with Crippen molar-refractivity contribution in [1.29, 1.82) is 0 Å². The first-order valence-electron chi connectivity index (χ1n) is 7.19. The molecule has 0 radical (unpaired) electrons. The number of piperidine rings is 1. The van der Waals surface area contributed by atoms with Gasteiger partial charge in [-0.2, -0.15) is 0 Å². The van der Waals surface area contributed by atoms with Gasteiger partial charge < -0.3 is 10.3 Å². The molecule has 2 aromatic rings. The zero-order valence-electron chi connectivity index (χ0n) is 11.8. The molecule has 4 heteroatoms. The van der Waals surface area contributed by atoms with E-state index in [0.717, 1.165) is 43.1 Å². The van der Waals surface area contributed by atoms with Gasteiger partial charge in [0.15, 0.2) is 5.76 Å². The van der Waals surface area contributed by atoms with E-state index in [0.29, 0.717) is 5.92 Å². The molecule has 1 aliphatic heterocycles. The molecule has 106 valence electrons. The summed E-state index contributed by atoms with van der Waals surface area (Å²) in [6.45, 7) is 5.06. The van der Waals surface area contributed by atoms with Crippen molar-refractivity contribution in [3.05, 3.63) is 42.2 Å². The van der Waals surface area contributed by atoms with Crippen molar-refractivity contribution < 1.29 is 4.52 Å². The molecule has 4 nitrogen and oxygen atoms in total. The van der Waals surface area contributed by atoms with Crippen molar-refractivity contribution in [2.45, 2.75) is 25.9 Å². The molecule has 0 saturated carbocycles. The second-order valence-corrected chi connectivity index (χ2v) is 5.84. The van der Waals surface area contributed by atoms with Gasteiger partial charge in [0.2, 0.25) is 0 Å². The first-order valence-corrected chi connectivity index (χ1v) is 7.19. The lowest BCUT2D eigenvalue weighted by Crippen LogP contribution is -2.45. The van der Waals surface area contributed by atoms with Gasteiger partial charge in [-0.3, -0.25) is 4.90 Å². The quantitative estimate of drug-likeness (QED) is 0.932. The van der Waals surface area contributed by atoms with Crippen molar-refractivity contribution in [1.82, 2.24) is 10.1 Å². The van der Waals surface area contributed by atoms with Crippen LogP contribution in [0.5, 0.6) is 0 Å². The Morgan fingerprint density at radius 3 is 2.85 bits per heavy atom. The summed E-state index contributed by atoms with van der Waals surface area (Å²) in [7, 11) is 0. The van der Waals surface area contributed by atoms with Crippen LogP contribution >= 0.6 is 0 Å². The van der Waals surface area contributed by atoms with E-state index in [1.807, 2.05) is 36.4 Å². The van der Waals surface area contributed by atoms with Gasteiger partial charge in [0, 0.05) is 30.8 Å². The third-order valence-electron chi connectivity index (χ3n) is 3.78. The Labute approximate surface area is 119 Å². The molecule has 2 unspecified atom stereocenters. The van der Waals surface area contributed by atoms with Crippen molar-refractivity contribution in [3.63, 3.8) is 0 Å². The van der Waals surface area contributed by atoms with Crippen LogP contribution < -0.4 is 5.73 Å². The van der Waals surface area contributed by atoms with E-state index in [4.69, 9.17) is 10.3 Å². The van der Waals surface area contributed by atoms with E-state index in [-0.39, 0.29) is 6.04 Å². The molecular weight excluding hydrogens is 250 g/mol. The smallest absolute Gasteiger partial charge is 0.151 e. The first-order chi connectivity index (χ1) is 9.70. The zero-order valence-corrected chi connectivity index (χ0v) is 11.8. The molecule has 1 fully saturated rings. The fourth-order valence-corrected chi connectivity index (χ4v) is 2.99. The second-order valence-electron chi connectivity index (χ2n) is 5.84. The fourth-order valence-electron chi connectivity index (χ4n) is 2.99. The summed E-state index contributed by atoms with van der Waals surface area (Å²) < 4.78 is 5.46. The van der Waals surface area contributed by atoms with E-state index >= 15 is 0 Å². The minimum absolute atomic E-state index is 0.273. The Hall–Kier alpha value is -1.65. The third-order valence-corrected chi connectivity index (χ3v) is 3.78. The van der Waals surface area contributed by atoms with Crippen LogP contribution in [0.2, 0.25) is 0 Å². The van der Waals surface area contributed by atoms with E-state index in [9.17, 15) is 0 Å². The number of hydrogen-bond acceptors (Lipinski definition) is 4. The molecule has 1 aromatic carbocycles. The van der Waals surface area contributed by atoms with Crippen LogP contribution in [0.3, 0.4) is 0 Å². The molecule has 0 aliphatic carbocycles. The molecule has 0 bridgehead atoms. The number of aromatic nitrogens is 1. The van der Waals surface area contributed by atoms with Gasteiger partial charge in [0.1, 0.15) is 5.69 Å². The van der Waals surface area contributed by atoms with Crippen LogP contribution in [0.1, 0.15) is 19.1 Å². The number of benzene rings is 1. The molecule has 0 amide bonds.